The Labute approximate surface area is 122 Å². The molecule has 20 heavy (non-hydrogen) atoms. The Kier molecular flexibility index (Phi) is 3.69. The van der Waals surface area contributed by atoms with E-state index >= 15 is 0 Å². The van der Waals surface area contributed by atoms with Gasteiger partial charge in [0.25, 0.3) is 0 Å². The summed E-state index contributed by atoms with van der Waals surface area (Å²) < 4.78 is 0. The van der Waals surface area contributed by atoms with Gasteiger partial charge < -0.3 is 10.6 Å². The van der Waals surface area contributed by atoms with Gasteiger partial charge in [0.2, 0.25) is 5.91 Å². The van der Waals surface area contributed by atoms with Gasteiger partial charge in [-0.2, -0.15) is 0 Å². The molecule has 2 N–H and O–H groups in total. The van der Waals surface area contributed by atoms with Gasteiger partial charge in [-0.3, -0.25) is 9.78 Å². The smallest absolute Gasteiger partial charge is 0.227 e. The van der Waals surface area contributed by atoms with Crippen LogP contribution in [0, 0.1) is 5.92 Å². The molecule has 1 fully saturated rings. The van der Waals surface area contributed by atoms with E-state index in [4.69, 9.17) is 0 Å². The third-order valence-corrected chi connectivity index (χ3v) is 4.32. The highest BCUT2D eigenvalue weighted by Gasteiger charge is 2.29. The lowest BCUT2D eigenvalue weighted by atomic mass is 10.2. The third kappa shape index (κ3) is 3.17. The standard InChI is InChI=1S/C15H17N3OS/c1-10(14-8-16-9-20-14)17-12-4-6-13(7-5-12)18-15(19)11-2-3-11/h4-11,17H,2-3H2,1H3,(H,18,19). The van der Waals surface area contributed by atoms with E-state index in [1.54, 1.807) is 11.3 Å². The summed E-state index contributed by atoms with van der Waals surface area (Å²) in [6.07, 6.45) is 3.93. The van der Waals surface area contributed by atoms with Crippen LogP contribution in [0.5, 0.6) is 0 Å². The Hall–Kier alpha value is -1.88. The van der Waals surface area contributed by atoms with Gasteiger partial charge in [-0.05, 0) is 44.0 Å². The Morgan fingerprint density at radius 1 is 1.30 bits per heavy atom. The van der Waals surface area contributed by atoms with Crippen molar-refractivity contribution in [2.45, 2.75) is 25.8 Å². The molecule has 1 amide bonds. The van der Waals surface area contributed by atoms with Crippen molar-refractivity contribution in [3.63, 3.8) is 0 Å². The van der Waals surface area contributed by atoms with Crippen molar-refractivity contribution in [3.05, 3.63) is 40.8 Å². The molecule has 1 heterocycles. The molecule has 0 spiro atoms. The summed E-state index contributed by atoms with van der Waals surface area (Å²) >= 11 is 1.64. The number of aromatic nitrogens is 1. The van der Waals surface area contributed by atoms with Crippen molar-refractivity contribution >= 4 is 28.6 Å². The summed E-state index contributed by atoms with van der Waals surface area (Å²) in [6, 6.07) is 8.07. The minimum Gasteiger partial charge on any atom is -0.378 e. The molecule has 5 heteroatoms. The fraction of sp³-hybridized carbons (Fsp3) is 0.333. The normalized spacial score (nSPS) is 15.7. The molecule has 1 aliphatic carbocycles. The first kappa shape index (κ1) is 13.1. The van der Waals surface area contributed by atoms with E-state index in [1.165, 1.54) is 4.88 Å². The molecular formula is C15H17N3OS. The van der Waals surface area contributed by atoms with Crippen molar-refractivity contribution in [2.75, 3.05) is 10.6 Å². The summed E-state index contributed by atoms with van der Waals surface area (Å²) in [5, 5.41) is 6.35. The number of nitrogens with one attached hydrogen (secondary N) is 2. The number of thiazole rings is 1. The van der Waals surface area contributed by atoms with Crippen LogP contribution >= 0.6 is 11.3 Å². The molecule has 1 atom stereocenters. The lowest BCUT2D eigenvalue weighted by Crippen LogP contribution is -2.13. The molecule has 1 aromatic heterocycles. The zero-order chi connectivity index (χ0) is 13.9. The highest BCUT2D eigenvalue weighted by atomic mass is 32.1. The number of carbonyl (C=O) groups excluding carboxylic acids is 1. The van der Waals surface area contributed by atoms with Gasteiger partial charge in [-0.15, -0.1) is 11.3 Å². The summed E-state index contributed by atoms with van der Waals surface area (Å²) in [6.45, 7) is 2.11. The molecule has 2 aromatic rings. The number of hydrogen-bond donors (Lipinski definition) is 2. The van der Waals surface area contributed by atoms with Crippen LogP contribution in [0.4, 0.5) is 11.4 Å². The van der Waals surface area contributed by atoms with Crippen LogP contribution in [0.1, 0.15) is 30.7 Å². The number of benzene rings is 1. The van der Waals surface area contributed by atoms with Gasteiger partial charge in [0, 0.05) is 28.4 Å². The van der Waals surface area contributed by atoms with E-state index in [1.807, 2.05) is 36.0 Å². The van der Waals surface area contributed by atoms with Gasteiger partial charge in [-0.1, -0.05) is 0 Å². The highest BCUT2D eigenvalue weighted by molar-refractivity contribution is 7.09. The van der Waals surface area contributed by atoms with Crippen LogP contribution in [0.25, 0.3) is 0 Å². The van der Waals surface area contributed by atoms with E-state index in [9.17, 15) is 4.79 Å². The fourth-order valence-corrected chi connectivity index (χ4v) is 2.63. The van der Waals surface area contributed by atoms with Crippen LogP contribution < -0.4 is 10.6 Å². The van der Waals surface area contributed by atoms with E-state index in [0.29, 0.717) is 0 Å². The number of anilines is 2. The first-order valence-corrected chi connectivity index (χ1v) is 7.66. The lowest BCUT2D eigenvalue weighted by Gasteiger charge is -2.13. The SMILES string of the molecule is CC(Nc1ccc(NC(=O)C2CC2)cc1)c1cncs1. The molecule has 104 valence electrons. The second-order valence-corrected chi connectivity index (χ2v) is 6.03. The maximum atomic E-state index is 11.7. The van der Waals surface area contributed by atoms with Crippen LogP contribution in [0.3, 0.4) is 0 Å². The Balaban J connectivity index is 1.59. The van der Waals surface area contributed by atoms with E-state index in [2.05, 4.69) is 22.5 Å². The molecule has 1 aromatic carbocycles. The second-order valence-electron chi connectivity index (χ2n) is 5.11. The number of rotatable bonds is 5. The Morgan fingerprint density at radius 3 is 2.60 bits per heavy atom. The molecule has 1 aliphatic rings. The molecule has 3 rings (SSSR count). The van der Waals surface area contributed by atoms with Crippen LogP contribution in [-0.4, -0.2) is 10.9 Å². The number of nitrogens with zero attached hydrogens (tertiary/aromatic N) is 1. The number of amides is 1. The minimum atomic E-state index is 0.142. The number of carbonyl (C=O) groups is 1. The van der Waals surface area contributed by atoms with Crippen molar-refractivity contribution in [1.29, 1.82) is 0 Å². The van der Waals surface area contributed by atoms with E-state index in [0.717, 1.165) is 24.2 Å². The fourth-order valence-electron chi connectivity index (χ4n) is 2.00. The van der Waals surface area contributed by atoms with Gasteiger partial charge in [0.05, 0.1) is 11.6 Å². The number of hydrogen-bond acceptors (Lipinski definition) is 4. The molecule has 0 aliphatic heterocycles. The maximum absolute atomic E-state index is 11.7. The van der Waals surface area contributed by atoms with Gasteiger partial charge in [-0.25, -0.2) is 0 Å². The molecule has 1 saturated carbocycles. The minimum absolute atomic E-state index is 0.142. The van der Waals surface area contributed by atoms with Crippen molar-refractivity contribution in [1.82, 2.24) is 4.98 Å². The Bertz CT molecular complexity index is 576. The average Bonchev–Trinajstić information content (AvgIpc) is 3.16. The topological polar surface area (TPSA) is 54.0 Å². The monoisotopic (exact) mass is 287 g/mol. The predicted octanol–water partition coefficient (Wildman–Crippen LogP) is 3.66. The van der Waals surface area contributed by atoms with Crippen molar-refractivity contribution in [3.8, 4) is 0 Å². The molecular weight excluding hydrogens is 270 g/mol. The van der Waals surface area contributed by atoms with E-state index in [-0.39, 0.29) is 17.9 Å². The zero-order valence-electron chi connectivity index (χ0n) is 11.3. The lowest BCUT2D eigenvalue weighted by molar-refractivity contribution is -0.117. The highest BCUT2D eigenvalue weighted by Crippen LogP contribution is 2.30. The summed E-state index contributed by atoms with van der Waals surface area (Å²) in [7, 11) is 0. The maximum Gasteiger partial charge on any atom is 0.227 e. The largest absolute Gasteiger partial charge is 0.378 e. The first-order chi connectivity index (χ1) is 9.72. The average molecular weight is 287 g/mol. The van der Waals surface area contributed by atoms with Gasteiger partial charge in [0.1, 0.15) is 0 Å². The predicted molar refractivity (Wildman–Crippen MR) is 81.9 cm³/mol. The summed E-state index contributed by atoms with van der Waals surface area (Å²) in [5.74, 6) is 0.378. The van der Waals surface area contributed by atoms with Crippen molar-refractivity contribution in [2.24, 2.45) is 5.92 Å². The summed E-state index contributed by atoms with van der Waals surface area (Å²) in [5.41, 5.74) is 3.73. The summed E-state index contributed by atoms with van der Waals surface area (Å²) in [4.78, 5) is 17.0. The Morgan fingerprint density at radius 2 is 2.00 bits per heavy atom. The van der Waals surface area contributed by atoms with Gasteiger partial charge >= 0.3 is 0 Å². The van der Waals surface area contributed by atoms with Crippen LogP contribution in [0.15, 0.2) is 36.0 Å². The van der Waals surface area contributed by atoms with E-state index < -0.39 is 0 Å². The zero-order valence-corrected chi connectivity index (χ0v) is 12.1. The second kappa shape index (κ2) is 5.63. The third-order valence-electron chi connectivity index (χ3n) is 3.36. The molecule has 0 saturated heterocycles. The molecule has 0 radical (unpaired) electrons. The first-order valence-electron chi connectivity index (χ1n) is 6.78. The quantitative estimate of drug-likeness (QED) is 0.882. The van der Waals surface area contributed by atoms with Gasteiger partial charge in [0.15, 0.2) is 0 Å². The van der Waals surface area contributed by atoms with Crippen LogP contribution in [0.2, 0.25) is 0 Å². The molecule has 1 unspecified atom stereocenters. The molecule has 0 bridgehead atoms. The van der Waals surface area contributed by atoms with Crippen LogP contribution in [-0.2, 0) is 4.79 Å². The van der Waals surface area contributed by atoms with Crippen molar-refractivity contribution < 1.29 is 4.79 Å². The molecule has 4 nitrogen and oxygen atoms in total.